The van der Waals surface area contributed by atoms with Crippen molar-refractivity contribution in [3.8, 4) is 0 Å². The first kappa shape index (κ1) is 19.4. The topological polar surface area (TPSA) is 50.3 Å². The molecule has 0 saturated carbocycles. The monoisotopic (exact) mass is 314 g/mol. The SMILES string of the molecule is CCN(CC)CCN1CCN(CC)CCN(CC(=O)O)CC1. The maximum Gasteiger partial charge on any atom is 0.317 e. The number of nitrogens with zero attached hydrogens (tertiary/aromatic N) is 4. The molecule has 0 bridgehead atoms. The van der Waals surface area contributed by atoms with Crippen molar-refractivity contribution < 1.29 is 9.90 Å². The van der Waals surface area contributed by atoms with E-state index >= 15 is 0 Å². The van der Waals surface area contributed by atoms with Gasteiger partial charge in [-0.1, -0.05) is 20.8 Å². The van der Waals surface area contributed by atoms with E-state index in [1.54, 1.807) is 0 Å². The van der Waals surface area contributed by atoms with E-state index in [2.05, 4.69) is 40.4 Å². The smallest absolute Gasteiger partial charge is 0.317 e. The molecule has 0 aromatic carbocycles. The number of carbonyl (C=O) groups is 1. The highest BCUT2D eigenvalue weighted by Crippen LogP contribution is 2.01. The van der Waals surface area contributed by atoms with Gasteiger partial charge >= 0.3 is 5.97 Å². The molecule has 1 saturated heterocycles. The van der Waals surface area contributed by atoms with E-state index in [1.807, 2.05) is 0 Å². The predicted molar refractivity (Wildman–Crippen MR) is 90.4 cm³/mol. The fourth-order valence-corrected chi connectivity index (χ4v) is 2.90. The highest BCUT2D eigenvalue weighted by Gasteiger charge is 2.17. The number of rotatable bonds is 8. The van der Waals surface area contributed by atoms with Gasteiger partial charge in [0.05, 0.1) is 6.54 Å². The molecule has 130 valence electrons. The summed E-state index contributed by atoms with van der Waals surface area (Å²) in [6.07, 6.45) is 0. The summed E-state index contributed by atoms with van der Waals surface area (Å²) in [5.74, 6) is -0.725. The molecular formula is C16H34N4O2. The minimum atomic E-state index is -0.725. The van der Waals surface area contributed by atoms with E-state index in [-0.39, 0.29) is 6.54 Å². The van der Waals surface area contributed by atoms with Crippen molar-refractivity contribution in [3.63, 3.8) is 0 Å². The average molecular weight is 314 g/mol. The number of carboxylic acids is 1. The molecular weight excluding hydrogens is 280 g/mol. The molecule has 0 radical (unpaired) electrons. The van der Waals surface area contributed by atoms with Gasteiger partial charge in [0.2, 0.25) is 0 Å². The van der Waals surface area contributed by atoms with Gasteiger partial charge in [0.25, 0.3) is 0 Å². The third-order valence-electron chi connectivity index (χ3n) is 4.63. The van der Waals surface area contributed by atoms with E-state index in [1.165, 1.54) is 0 Å². The molecule has 1 N–H and O–H groups in total. The van der Waals surface area contributed by atoms with E-state index in [0.29, 0.717) is 0 Å². The summed E-state index contributed by atoms with van der Waals surface area (Å²) >= 11 is 0. The standard InChI is InChI=1S/C16H34N4O2/c1-4-17(5-2)7-10-19-11-8-18(6-3)9-13-20(14-12-19)15-16(21)22/h4-15H2,1-3H3,(H,21,22). The van der Waals surface area contributed by atoms with Gasteiger partial charge in [0, 0.05) is 52.4 Å². The lowest BCUT2D eigenvalue weighted by Gasteiger charge is -2.28. The van der Waals surface area contributed by atoms with Crippen LogP contribution >= 0.6 is 0 Å². The third-order valence-corrected chi connectivity index (χ3v) is 4.63. The van der Waals surface area contributed by atoms with Crippen LogP contribution in [0.1, 0.15) is 20.8 Å². The summed E-state index contributed by atoms with van der Waals surface area (Å²) < 4.78 is 0. The van der Waals surface area contributed by atoms with Gasteiger partial charge in [-0.3, -0.25) is 14.6 Å². The molecule has 0 amide bonds. The van der Waals surface area contributed by atoms with Crippen molar-refractivity contribution in [3.05, 3.63) is 0 Å². The van der Waals surface area contributed by atoms with E-state index < -0.39 is 5.97 Å². The van der Waals surface area contributed by atoms with Crippen LogP contribution in [0.2, 0.25) is 0 Å². The van der Waals surface area contributed by atoms with Gasteiger partial charge in [-0.2, -0.15) is 0 Å². The molecule has 1 aliphatic heterocycles. The second-order valence-corrected chi connectivity index (χ2v) is 5.97. The van der Waals surface area contributed by atoms with Crippen molar-refractivity contribution in [2.45, 2.75) is 20.8 Å². The van der Waals surface area contributed by atoms with Crippen LogP contribution in [0.15, 0.2) is 0 Å². The highest BCUT2D eigenvalue weighted by molar-refractivity contribution is 5.69. The summed E-state index contributed by atoms with van der Waals surface area (Å²) in [7, 11) is 0. The number of hydrogen-bond acceptors (Lipinski definition) is 5. The van der Waals surface area contributed by atoms with Gasteiger partial charge in [0.1, 0.15) is 0 Å². The highest BCUT2D eigenvalue weighted by atomic mass is 16.4. The van der Waals surface area contributed by atoms with Crippen LogP contribution in [0.3, 0.4) is 0 Å². The Morgan fingerprint density at radius 3 is 1.86 bits per heavy atom. The largest absolute Gasteiger partial charge is 0.480 e. The minimum Gasteiger partial charge on any atom is -0.480 e. The van der Waals surface area contributed by atoms with Crippen LogP contribution in [0.4, 0.5) is 0 Å². The number of hydrogen-bond donors (Lipinski definition) is 1. The Morgan fingerprint density at radius 1 is 0.909 bits per heavy atom. The molecule has 1 aliphatic rings. The molecule has 0 aromatic heterocycles. The van der Waals surface area contributed by atoms with Gasteiger partial charge in [-0.25, -0.2) is 0 Å². The van der Waals surface area contributed by atoms with Crippen LogP contribution < -0.4 is 0 Å². The fourth-order valence-electron chi connectivity index (χ4n) is 2.90. The average Bonchev–Trinajstić information content (AvgIpc) is 2.59. The van der Waals surface area contributed by atoms with Crippen LogP contribution in [0.5, 0.6) is 0 Å². The zero-order chi connectivity index (χ0) is 16.4. The third kappa shape index (κ3) is 7.54. The van der Waals surface area contributed by atoms with Crippen LogP contribution in [0.25, 0.3) is 0 Å². The van der Waals surface area contributed by atoms with Crippen LogP contribution in [0, 0.1) is 0 Å². The lowest BCUT2D eigenvalue weighted by molar-refractivity contribution is -0.138. The molecule has 22 heavy (non-hydrogen) atoms. The summed E-state index contributed by atoms with van der Waals surface area (Å²) in [4.78, 5) is 20.4. The quantitative estimate of drug-likeness (QED) is 0.698. The zero-order valence-corrected chi connectivity index (χ0v) is 14.6. The van der Waals surface area contributed by atoms with Crippen molar-refractivity contribution in [1.29, 1.82) is 0 Å². The molecule has 1 rings (SSSR count). The van der Waals surface area contributed by atoms with E-state index in [9.17, 15) is 4.79 Å². The molecule has 0 aromatic rings. The van der Waals surface area contributed by atoms with Crippen LogP contribution in [-0.4, -0.2) is 109 Å². The number of aliphatic carboxylic acids is 1. The fraction of sp³-hybridized carbons (Fsp3) is 0.938. The van der Waals surface area contributed by atoms with Gasteiger partial charge in [-0.05, 0) is 19.6 Å². The van der Waals surface area contributed by atoms with E-state index in [4.69, 9.17) is 5.11 Å². The second-order valence-electron chi connectivity index (χ2n) is 5.97. The summed E-state index contributed by atoms with van der Waals surface area (Å²) in [5.41, 5.74) is 0. The molecule has 0 unspecified atom stereocenters. The van der Waals surface area contributed by atoms with Crippen LogP contribution in [-0.2, 0) is 4.79 Å². The second kappa shape index (κ2) is 10.9. The maximum absolute atomic E-state index is 11.0. The van der Waals surface area contributed by atoms with Crippen molar-refractivity contribution in [2.24, 2.45) is 0 Å². The van der Waals surface area contributed by atoms with Gasteiger partial charge in [-0.15, -0.1) is 0 Å². The molecule has 0 aliphatic carbocycles. The van der Waals surface area contributed by atoms with Crippen molar-refractivity contribution >= 4 is 5.97 Å². The first-order chi connectivity index (χ1) is 10.6. The predicted octanol–water partition coefficient (Wildman–Crippen LogP) is 0.352. The van der Waals surface area contributed by atoms with Gasteiger partial charge < -0.3 is 14.9 Å². The molecule has 1 fully saturated rings. The summed E-state index contributed by atoms with van der Waals surface area (Å²) in [6.45, 7) is 17.9. The number of likely N-dealkylation sites (N-methyl/N-ethyl adjacent to an activating group) is 2. The molecule has 0 atom stereocenters. The number of carboxylic acid groups (broad SMARTS) is 1. The minimum absolute atomic E-state index is 0.154. The van der Waals surface area contributed by atoms with E-state index in [0.717, 1.165) is 72.0 Å². The lowest BCUT2D eigenvalue weighted by atomic mass is 10.3. The molecule has 6 nitrogen and oxygen atoms in total. The Morgan fingerprint density at radius 2 is 1.41 bits per heavy atom. The summed E-state index contributed by atoms with van der Waals surface area (Å²) in [5, 5.41) is 9.05. The Kier molecular flexibility index (Phi) is 9.63. The normalized spacial score (nSPS) is 19.8. The Bertz CT molecular complexity index is 311. The van der Waals surface area contributed by atoms with Crippen molar-refractivity contribution in [1.82, 2.24) is 19.6 Å². The first-order valence-corrected chi connectivity index (χ1v) is 8.70. The Hall–Kier alpha value is -0.690. The molecule has 6 heteroatoms. The molecule has 0 spiro atoms. The molecule has 1 heterocycles. The van der Waals surface area contributed by atoms with Crippen molar-refractivity contribution in [2.75, 3.05) is 78.5 Å². The Balaban J connectivity index is 2.55. The maximum atomic E-state index is 11.0. The summed E-state index contributed by atoms with van der Waals surface area (Å²) in [6, 6.07) is 0. The lowest BCUT2D eigenvalue weighted by Crippen LogP contribution is -2.41. The first-order valence-electron chi connectivity index (χ1n) is 8.70. The Labute approximate surface area is 135 Å². The van der Waals surface area contributed by atoms with Gasteiger partial charge in [0.15, 0.2) is 0 Å². The zero-order valence-electron chi connectivity index (χ0n) is 14.6.